The summed E-state index contributed by atoms with van der Waals surface area (Å²) in [5.74, 6) is 0.600. The lowest BCUT2D eigenvalue weighted by Gasteiger charge is -2.27. The van der Waals surface area contributed by atoms with Crippen LogP contribution in [-0.2, 0) is 4.79 Å². The number of carbonyl (C=O) groups excluding carboxylic acids is 1. The van der Waals surface area contributed by atoms with Gasteiger partial charge in [0.05, 0.1) is 18.3 Å². The van der Waals surface area contributed by atoms with Crippen LogP contribution >= 0.6 is 0 Å². The second-order valence-electron chi connectivity index (χ2n) is 5.92. The number of amides is 1. The van der Waals surface area contributed by atoms with Gasteiger partial charge >= 0.3 is 0 Å². The van der Waals surface area contributed by atoms with E-state index in [0.29, 0.717) is 18.9 Å². The first-order valence-corrected chi connectivity index (χ1v) is 7.01. The highest BCUT2D eigenvalue weighted by Crippen LogP contribution is 2.13. The van der Waals surface area contributed by atoms with Crippen molar-refractivity contribution in [2.75, 3.05) is 25.0 Å². The molecule has 0 bridgehead atoms. The Balaban J connectivity index is 2.60. The quantitative estimate of drug-likeness (QED) is 0.795. The standard InChI is InChI=1S/C14H26N4O2/c1-6-17(10-14(4,5)20)9-13(19)16-12-7-8-15-18(12)11(2)3/h7-8,11,20H,6,9-10H2,1-5H3,(H,16,19). The monoisotopic (exact) mass is 282 g/mol. The Morgan fingerprint density at radius 3 is 2.70 bits per heavy atom. The van der Waals surface area contributed by atoms with E-state index in [0.717, 1.165) is 0 Å². The summed E-state index contributed by atoms with van der Waals surface area (Å²) in [5.41, 5.74) is -0.810. The Morgan fingerprint density at radius 1 is 1.55 bits per heavy atom. The minimum absolute atomic E-state index is 0.0986. The van der Waals surface area contributed by atoms with Crippen LogP contribution in [0, 0.1) is 0 Å². The number of rotatable bonds is 7. The molecule has 0 aliphatic rings. The van der Waals surface area contributed by atoms with Crippen molar-refractivity contribution in [3.63, 3.8) is 0 Å². The molecule has 6 nitrogen and oxygen atoms in total. The minimum atomic E-state index is -0.810. The van der Waals surface area contributed by atoms with Crippen molar-refractivity contribution in [2.45, 2.75) is 46.3 Å². The molecule has 1 heterocycles. The van der Waals surface area contributed by atoms with Crippen molar-refractivity contribution in [3.8, 4) is 0 Å². The fraction of sp³-hybridized carbons (Fsp3) is 0.714. The highest BCUT2D eigenvalue weighted by atomic mass is 16.3. The minimum Gasteiger partial charge on any atom is -0.389 e. The average Bonchev–Trinajstić information content (AvgIpc) is 2.74. The highest BCUT2D eigenvalue weighted by molar-refractivity contribution is 5.91. The summed E-state index contributed by atoms with van der Waals surface area (Å²) < 4.78 is 1.77. The Morgan fingerprint density at radius 2 is 2.20 bits per heavy atom. The molecule has 20 heavy (non-hydrogen) atoms. The predicted molar refractivity (Wildman–Crippen MR) is 79.7 cm³/mol. The van der Waals surface area contributed by atoms with Crippen LogP contribution < -0.4 is 5.32 Å². The number of likely N-dealkylation sites (N-methyl/N-ethyl adjacent to an activating group) is 1. The van der Waals surface area contributed by atoms with Gasteiger partial charge in [0.1, 0.15) is 5.82 Å². The summed E-state index contributed by atoms with van der Waals surface area (Å²) in [5, 5.41) is 16.9. The third-order valence-corrected chi connectivity index (χ3v) is 2.85. The molecule has 114 valence electrons. The number of hydrogen-bond donors (Lipinski definition) is 2. The molecular weight excluding hydrogens is 256 g/mol. The lowest BCUT2D eigenvalue weighted by atomic mass is 10.1. The van der Waals surface area contributed by atoms with Crippen LogP contribution in [0.5, 0.6) is 0 Å². The van der Waals surface area contributed by atoms with Gasteiger partial charge in [0.25, 0.3) is 0 Å². The highest BCUT2D eigenvalue weighted by Gasteiger charge is 2.19. The molecule has 1 aromatic heterocycles. The van der Waals surface area contributed by atoms with Crippen LogP contribution in [0.1, 0.15) is 40.7 Å². The predicted octanol–water partition coefficient (Wildman–Crippen LogP) is 1.50. The van der Waals surface area contributed by atoms with Crippen LogP contribution in [0.4, 0.5) is 5.82 Å². The van der Waals surface area contributed by atoms with E-state index >= 15 is 0 Å². The molecule has 1 rings (SSSR count). The number of aromatic nitrogens is 2. The number of carbonyl (C=O) groups is 1. The normalized spacial score (nSPS) is 12.2. The Kier molecular flexibility index (Phi) is 5.71. The molecule has 6 heteroatoms. The van der Waals surface area contributed by atoms with Gasteiger partial charge in [0.2, 0.25) is 5.91 Å². The third-order valence-electron chi connectivity index (χ3n) is 2.85. The molecule has 1 aromatic rings. The molecule has 0 radical (unpaired) electrons. The second kappa shape index (κ2) is 6.85. The van der Waals surface area contributed by atoms with Crippen LogP contribution in [0.2, 0.25) is 0 Å². The summed E-state index contributed by atoms with van der Waals surface area (Å²) in [6.07, 6.45) is 1.67. The van der Waals surface area contributed by atoms with Crippen molar-refractivity contribution < 1.29 is 9.90 Å². The Labute approximate surface area is 120 Å². The van der Waals surface area contributed by atoms with E-state index in [2.05, 4.69) is 10.4 Å². The Hall–Kier alpha value is -1.40. The molecule has 0 aliphatic heterocycles. The first-order valence-electron chi connectivity index (χ1n) is 7.01. The zero-order valence-electron chi connectivity index (χ0n) is 13.1. The van der Waals surface area contributed by atoms with Crippen molar-refractivity contribution in [1.82, 2.24) is 14.7 Å². The van der Waals surface area contributed by atoms with Gasteiger partial charge in [0, 0.05) is 18.7 Å². The summed E-state index contributed by atoms with van der Waals surface area (Å²) in [7, 11) is 0. The van der Waals surface area contributed by atoms with Crippen LogP contribution in [0.15, 0.2) is 12.3 Å². The van der Waals surface area contributed by atoms with Gasteiger partial charge in [-0.2, -0.15) is 5.10 Å². The van der Waals surface area contributed by atoms with Gasteiger partial charge in [-0.05, 0) is 34.2 Å². The lowest BCUT2D eigenvalue weighted by molar-refractivity contribution is -0.117. The summed E-state index contributed by atoms with van der Waals surface area (Å²) in [4.78, 5) is 14.0. The maximum absolute atomic E-state index is 12.1. The van der Waals surface area contributed by atoms with E-state index in [1.807, 2.05) is 25.7 Å². The maximum Gasteiger partial charge on any atom is 0.239 e. The van der Waals surface area contributed by atoms with E-state index in [-0.39, 0.29) is 18.5 Å². The van der Waals surface area contributed by atoms with E-state index in [4.69, 9.17) is 0 Å². The first kappa shape index (κ1) is 16.7. The van der Waals surface area contributed by atoms with Gasteiger partial charge in [-0.1, -0.05) is 6.92 Å². The number of nitrogens with zero attached hydrogens (tertiary/aromatic N) is 3. The van der Waals surface area contributed by atoms with Gasteiger partial charge in [-0.25, -0.2) is 4.68 Å². The summed E-state index contributed by atoms with van der Waals surface area (Å²) >= 11 is 0. The van der Waals surface area contributed by atoms with E-state index < -0.39 is 5.60 Å². The van der Waals surface area contributed by atoms with Gasteiger partial charge in [-0.15, -0.1) is 0 Å². The summed E-state index contributed by atoms with van der Waals surface area (Å²) in [6, 6.07) is 1.98. The van der Waals surface area contributed by atoms with Gasteiger partial charge in [-0.3, -0.25) is 9.69 Å². The molecule has 0 saturated carbocycles. The lowest BCUT2D eigenvalue weighted by Crippen LogP contribution is -2.42. The van der Waals surface area contributed by atoms with Gasteiger partial charge in [0.15, 0.2) is 0 Å². The number of hydrogen-bond acceptors (Lipinski definition) is 4. The van der Waals surface area contributed by atoms with Crippen molar-refractivity contribution in [3.05, 3.63) is 12.3 Å². The van der Waals surface area contributed by atoms with Crippen molar-refractivity contribution in [1.29, 1.82) is 0 Å². The van der Waals surface area contributed by atoms with E-state index in [9.17, 15) is 9.90 Å². The summed E-state index contributed by atoms with van der Waals surface area (Å²) in [6.45, 7) is 10.9. The SMILES string of the molecule is CCN(CC(=O)Nc1ccnn1C(C)C)CC(C)(C)O. The van der Waals surface area contributed by atoms with Crippen molar-refractivity contribution >= 4 is 11.7 Å². The molecule has 1 amide bonds. The van der Waals surface area contributed by atoms with Crippen molar-refractivity contribution in [2.24, 2.45) is 0 Å². The molecular formula is C14H26N4O2. The zero-order valence-corrected chi connectivity index (χ0v) is 13.1. The number of anilines is 1. The average molecular weight is 282 g/mol. The van der Waals surface area contributed by atoms with Crippen LogP contribution in [0.25, 0.3) is 0 Å². The van der Waals surface area contributed by atoms with Gasteiger partial charge < -0.3 is 10.4 Å². The Bertz CT molecular complexity index is 435. The molecule has 0 aliphatic carbocycles. The second-order valence-corrected chi connectivity index (χ2v) is 5.92. The smallest absolute Gasteiger partial charge is 0.239 e. The third kappa shape index (κ3) is 5.30. The fourth-order valence-corrected chi connectivity index (χ4v) is 2.04. The zero-order chi connectivity index (χ0) is 15.3. The largest absolute Gasteiger partial charge is 0.389 e. The molecule has 0 aromatic carbocycles. The van der Waals surface area contributed by atoms with E-state index in [1.54, 1.807) is 30.8 Å². The topological polar surface area (TPSA) is 70.4 Å². The maximum atomic E-state index is 12.1. The fourth-order valence-electron chi connectivity index (χ4n) is 2.04. The first-order chi connectivity index (χ1) is 9.23. The molecule has 0 atom stereocenters. The number of nitrogens with one attached hydrogen (secondary N) is 1. The van der Waals surface area contributed by atoms with E-state index in [1.165, 1.54) is 0 Å². The molecule has 0 saturated heterocycles. The molecule has 2 N–H and O–H groups in total. The molecule has 0 unspecified atom stereocenters. The number of aliphatic hydroxyl groups is 1. The van der Waals surface area contributed by atoms with Crippen LogP contribution in [0.3, 0.4) is 0 Å². The molecule has 0 spiro atoms. The van der Waals surface area contributed by atoms with Crippen LogP contribution in [-0.4, -0.2) is 50.9 Å². The molecule has 0 fully saturated rings.